The van der Waals surface area contributed by atoms with Crippen molar-refractivity contribution in [3.8, 4) is 5.75 Å². The molecule has 0 spiro atoms. The zero-order valence-corrected chi connectivity index (χ0v) is 24.7. The van der Waals surface area contributed by atoms with Gasteiger partial charge >= 0.3 is 7.12 Å². The minimum absolute atomic E-state index is 0.154. The number of hydrogen-bond acceptors (Lipinski definition) is 7. The standard InChI is InChI=1S/C35H38BNO7/c1-2-9-25-19-28-33(35(42)37(34(28)41)27-14-8-13-26(20-27)36(43)44)29(21-38)32(25)31(40)17-16-23(22-10-4-3-5-11-22)18-24-12-6-7-15-30(24)39/h3-8,10-15,18,20,28-29,31,33,38-40,43-44H,2,9,16-17,19,21H2,1H3/b23-18-/t28-,29+,31-,33-/m1/s1. The van der Waals surface area contributed by atoms with E-state index >= 15 is 0 Å². The van der Waals surface area contributed by atoms with Crippen LogP contribution in [0.15, 0.2) is 90.0 Å². The van der Waals surface area contributed by atoms with Crippen LogP contribution in [0.5, 0.6) is 5.75 Å². The number of imide groups is 1. The van der Waals surface area contributed by atoms with Crippen LogP contribution in [-0.4, -0.2) is 57.0 Å². The number of anilines is 1. The molecule has 9 heteroatoms. The van der Waals surface area contributed by atoms with Gasteiger partial charge in [0, 0.05) is 11.5 Å². The first-order valence-electron chi connectivity index (χ1n) is 15.1. The lowest BCUT2D eigenvalue weighted by molar-refractivity contribution is -0.123. The summed E-state index contributed by atoms with van der Waals surface area (Å²) in [6.45, 7) is 1.61. The summed E-state index contributed by atoms with van der Waals surface area (Å²) in [5.74, 6) is -2.95. The number of carbonyl (C=O) groups excluding carboxylic acids is 2. The number of phenols is 1. The van der Waals surface area contributed by atoms with Crippen LogP contribution >= 0.6 is 0 Å². The molecule has 4 atom stereocenters. The Hall–Kier alpha value is -4.02. The molecule has 5 N–H and O–H groups in total. The third-order valence-corrected chi connectivity index (χ3v) is 8.82. The van der Waals surface area contributed by atoms with Crippen molar-refractivity contribution in [2.45, 2.75) is 45.1 Å². The van der Waals surface area contributed by atoms with Crippen LogP contribution < -0.4 is 10.4 Å². The molecule has 1 fully saturated rings. The molecule has 1 aliphatic carbocycles. The van der Waals surface area contributed by atoms with Gasteiger partial charge in [0.1, 0.15) is 5.75 Å². The summed E-state index contributed by atoms with van der Waals surface area (Å²) in [6, 6.07) is 22.8. The van der Waals surface area contributed by atoms with E-state index in [1.54, 1.807) is 24.3 Å². The maximum Gasteiger partial charge on any atom is 0.488 e. The first-order valence-corrected chi connectivity index (χ1v) is 15.1. The monoisotopic (exact) mass is 595 g/mol. The van der Waals surface area contributed by atoms with Crippen molar-refractivity contribution in [2.24, 2.45) is 17.8 Å². The van der Waals surface area contributed by atoms with Crippen molar-refractivity contribution >= 4 is 41.7 Å². The van der Waals surface area contributed by atoms with E-state index in [4.69, 9.17) is 0 Å². The minimum atomic E-state index is -1.75. The second-order valence-corrected chi connectivity index (χ2v) is 11.6. The largest absolute Gasteiger partial charge is 0.507 e. The highest BCUT2D eigenvalue weighted by atomic mass is 16.4. The van der Waals surface area contributed by atoms with Crippen molar-refractivity contribution in [1.29, 1.82) is 0 Å². The molecule has 0 unspecified atom stereocenters. The van der Waals surface area contributed by atoms with E-state index in [0.29, 0.717) is 36.8 Å². The number of nitrogens with zero attached hydrogens (tertiary/aromatic N) is 1. The van der Waals surface area contributed by atoms with Crippen molar-refractivity contribution in [3.63, 3.8) is 0 Å². The molecule has 2 aliphatic rings. The summed E-state index contributed by atoms with van der Waals surface area (Å²) < 4.78 is 0. The Labute approximate surface area is 257 Å². The van der Waals surface area contributed by atoms with Gasteiger partial charge < -0.3 is 25.4 Å². The van der Waals surface area contributed by atoms with Gasteiger partial charge in [-0.2, -0.15) is 0 Å². The number of hydrogen-bond donors (Lipinski definition) is 5. The molecule has 44 heavy (non-hydrogen) atoms. The molecule has 0 aromatic heterocycles. The van der Waals surface area contributed by atoms with Gasteiger partial charge in [0.2, 0.25) is 11.8 Å². The Balaban J connectivity index is 1.45. The average molecular weight is 596 g/mol. The second-order valence-electron chi connectivity index (χ2n) is 11.6. The maximum absolute atomic E-state index is 13.9. The fourth-order valence-electron chi connectivity index (χ4n) is 6.77. The lowest BCUT2D eigenvalue weighted by atomic mass is 9.67. The van der Waals surface area contributed by atoms with Crippen molar-refractivity contribution in [3.05, 3.63) is 101 Å². The molecule has 3 aromatic rings. The number of aliphatic hydroxyl groups is 2. The first kappa shape index (κ1) is 31.4. The number of fused-ring (bicyclic) bond motifs is 1. The molecule has 1 heterocycles. The molecular weight excluding hydrogens is 557 g/mol. The maximum atomic E-state index is 13.9. The Kier molecular flexibility index (Phi) is 9.81. The summed E-state index contributed by atoms with van der Waals surface area (Å²) in [4.78, 5) is 28.6. The Morgan fingerprint density at radius 1 is 1.00 bits per heavy atom. The van der Waals surface area contributed by atoms with Crippen LogP contribution in [0.1, 0.15) is 50.2 Å². The van der Waals surface area contributed by atoms with Gasteiger partial charge in [0.05, 0.1) is 30.2 Å². The van der Waals surface area contributed by atoms with E-state index in [1.165, 1.54) is 12.1 Å². The van der Waals surface area contributed by atoms with Crippen LogP contribution in [0.25, 0.3) is 11.6 Å². The van der Waals surface area contributed by atoms with Crippen LogP contribution in [0, 0.1) is 17.8 Å². The second kappa shape index (κ2) is 13.7. The minimum Gasteiger partial charge on any atom is -0.507 e. The molecule has 3 aromatic carbocycles. The van der Waals surface area contributed by atoms with E-state index in [9.17, 15) is 35.0 Å². The zero-order chi connectivity index (χ0) is 31.4. The van der Waals surface area contributed by atoms with Crippen LogP contribution in [0.4, 0.5) is 5.69 Å². The smallest absolute Gasteiger partial charge is 0.488 e. The molecular formula is C35H38BNO7. The molecule has 1 aliphatic heterocycles. The van der Waals surface area contributed by atoms with Crippen LogP contribution in [0.2, 0.25) is 0 Å². The Morgan fingerprint density at radius 2 is 1.73 bits per heavy atom. The van der Waals surface area contributed by atoms with Crippen molar-refractivity contribution in [2.75, 3.05) is 11.5 Å². The molecule has 228 valence electrons. The molecule has 2 amide bonds. The molecule has 0 radical (unpaired) electrons. The highest BCUT2D eigenvalue weighted by Gasteiger charge is 2.55. The topological polar surface area (TPSA) is 139 Å². The van der Waals surface area contributed by atoms with E-state index < -0.39 is 43.5 Å². The average Bonchev–Trinajstić information content (AvgIpc) is 3.28. The quantitative estimate of drug-likeness (QED) is 0.0987. The summed E-state index contributed by atoms with van der Waals surface area (Å²) in [5, 5.41) is 52.1. The van der Waals surface area contributed by atoms with Crippen LogP contribution in [-0.2, 0) is 9.59 Å². The third-order valence-electron chi connectivity index (χ3n) is 8.82. The predicted octanol–water partition coefficient (Wildman–Crippen LogP) is 3.67. The first-order chi connectivity index (χ1) is 21.2. The number of carbonyl (C=O) groups is 2. The lowest BCUT2D eigenvalue weighted by Crippen LogP contribution is -2.39. The summed E-state index contributed by atoms with van der Waals surface area (Å²) in [6.07, 6.45) is 3.43. The van der Waals surface area contributed by atoms with Gasteiger partial charge in [0.25, 0.3) is 0 Å². The van der Waals surface area contributed by atoms with Crippen LogP contribution in [0.3, 0.4) is 0 Å². The fraction of sp³-hybridized carbons (Fsp3) is 0.314. The highest BCUT2D eigenvalue weighted by Crippen LogP contribution is 2.48. The number of rotatable bonds is 11. The third kappa shape index (κ3) is 6.28. The molecule has 0 bridgehead atoms. The predicted molar refractivity (Wildman–Crippen MR) is 171 cm³/mol. The zero-order valence-electron chi connectivity index (χ0n) is 24.7. The number of para-hydroxylation sites is 1. The molecule has 1 saturated heterocycles. The summed E-state index contributed by atoms with van der Waals surface area (Å²) in [7, 11) is -1.75. The SMILES string of the molecule is CCCC1=C([C@H](O)CC/C(=C/c2ccccc2O)c2ccccc2)[C@H](CO)[C@@H]2C(=O)N(c3cccc(B(O)O)c3)C(=O)[C@@H]2C1. The Morgan fingerprint density at radius 3 is 2.41 bits per heavy atom. The van der Waals surface area contributed by atoms with E-state index in [0.717, 1.165) is 28.0 Å². The van der Waals surface area contributed by atoms with Gasteiger partial charge in [-0.15, -0.1) is 0 Å². The number of allylic oxidation sites excluding steroid dienone is 2. The van der Waals surface area contributed by atoms with Gasteiger partial charge in [-0.3, -0.25) is 14.5 Å². The number of phenolic OH excluding ortho intramolecular Hbond substituents is 1. The number of aliphatic hydroxyl groups excluding tert-OH is 2. The van der Waals surface area contributed by atoms with Crippen molar-refractivity contribution in [1.82, 2.24) is 0 Å². The number of aromatic hydroxyl groups is 1. The van der Waals surface area contributed by atoms with Crippen molar-refractivity contribution < 1.29 is 35.0 Å². The number of amides is 2. The van der Waals surface area contributed by atoms with Gasteiger partial charge in [-0.25, -0.2) is 0 Å². The van der Waals surface area contributed by atoms with E-state index in [2.05, 4.69) is 0 Å². The molecule has 5 rings (SSSR count). The molecule has 0 saturated carbocycles. The van der Waals surface area contributed by atoms with Gasteiger partial charge in [-0.05, 0) is 72.1 Å². The molecule has 8 nitrogen and oxygen atoms in total. The Bertz CT molecular complexity index is 1570. The van der Waals surface area contributed by atoms with Gasteiger partial charge in [-0.1, -0.05) is 79.6 Å². The van der Waals surface area contributed by atoms with Gasteiger partial charge in [0.15, 0.2) is 0 Å². The fourth-order valence-corrected chi connectivity index (χ4v) is 6.77. The number of benzene rings is 3. The summed E-state index contributed by atoms with van der Waals surface area (Å²) in [5.41, 5.74) is 4.47. The normalized spacial score (nSPS) is 21.1. The van der Waals surface area contributed by atoms with E-state index in [1.807, 2.05) is 55.5 Å². The summed E-state index contributed by atoms with van der Waals surface area (Å²) >= 11 is 0. The van der Waals surface area contributed by atoms with E-state index in [-0.39, 0.29) is 22.8 Å². The lowest BCUT2D eigenvalue weighted by Gasteiger charge is -2.36. The highest BCUT2D eigenvalue weighted by molar-refractivity contribution is 6.58.